The zero-order chi connectivity index (χ0) is 19.8. The fraction of sp³-hybridized carbons (Fsp3) is 0.435. The summed E-state index contributed by atoms with van der Waals surface area (Å²) in [6, 6.07) is 10.6. The number of benzene rings is 1. The first-order valence-corrected chi connectivity index (χ1v) is 10.2. The van der Waals surface area contributed by atoms with Crippen molar-refractivity contribution >= 4 is 11.7 Å². The van der Waals surface area contributed by atoms with Gasteiger partial charge in [0.05, 0.1) is 12.4 Å². The number of aromatic nitrogens is 2. The average molecular weight is 379 g/mol. The summed E-state index contributed by atoms with van der Waals surface area (Å²) >= 11 is 0. The number of hydrogen-bond acceptors (Lipinski definition) is 4. The van der Waals surface area contributed by atoms with E-state index in [-0.39, 0.29) is 11.9 Å². The van der Waals surface area contributed by atoms with Crippen LogP contribution in [0.1, 0.15) is 62.0 Å². The van der Waals surface area contributed by atoms with E-state index in [1.165, 1.54) is 30.4 Å². The largest absolute Gasteiger partial charge is 0.350 e. The van der Waals surface area contributed by atoms with Crippen LogP contribution in [-0.2, 0) is 6.54 Å². The Morgan fingerprint density at radius 1 is 1.14 bits per heavy atom. The predicted octanol–water partition coefficient (Wildman–Crippen LogP) is 4.51. The molecular weight excluding hydrogens is 348 g/mol. The van der Waals surface area contributed by atoms with Gasteiger partial charge in [-0.1, -0.05) is 42.0 Å². The molecule has 0 radical (unpaired) electrons. The molecule has 0 saturated carbocycles. The molecule has 1 aliphatic carbocycles. The van der Waals surface area contributed by atoms with Gasteiger partial charge >= 0.3 is 0 Å². The third-order valence-electron chi connectivity index (χ3n) is 5.10. The summed E-state index contributed by atoms with van der Waals surface area (Å²) < 4.78 is 0. The lowest BCUT2D eigenvalue weighted by Gasteiger charge is -2.27. The van der Waals surface area contributed by atoms with Gasteiger partial charge in [-0.15, -0.1) is 0 Å². The van der Waals surface area contributed by atoms with E-state index in [2.05, 4.69) is 52.2 Å². The summed E-state index contributed by atoms with van der Waals surface area (Å²) in [5.74, 6) is 0.623. The van der Waals surface area contributed by atoms with Crippen molar-refractivity contribution in [1.29, 1.82) is 0 Å². The Hall–Kier alpha value is -2.69. The maximum Gasteiger partial charge on any atom is 0.271 e. The first kappa shape index (κ1) is 20.1. The molecule has 0 spiro atoms. The molecule has 1 aromatic heterocycles. The molecule has 0 fully saturated rings. The number of allylic oxidation sites excluding steroid dienone is 1. The van der Waals surface area contributed by atoms with Crippen LogP contribution in [0.2, 0.25) is 0 Å². The maximum absolute atomic E-state index is 12.3. The number of nitrogens with one attached hydrogen (secondary N) is 1. The Bertz CT molecular complexity index is 784. The normalized spacial score (nSPS) is 13.9. The monoisotopic (exact) mass is 378 g/mol. The fourth-order valence-electron chi connectivity index (χ4n) is 3.45. The standard InChI is InChI=1S/C23H30N4O/c1-18(2)27(17-20-11-7-4-8-12-20)22-16-25-21(15-26-22)23(28)24-14-13-19-9-5-3-6-10-19/h4,7-9,11-12,15-16,18H,3,5-6,10,13-14,17H2,1-2H3,(H,24,28). The van der Waals surface area contributed by atoms with Crippen LogP contribution >= 0.6 is 0 Å². The van der Waals surface area contributed by atoms with Gasteiger partial charge in [0.15, 0.2) is 0 Å². The van der Waals surface area contributed by atoms with Gasteiger partial charge in [-0.3, -0.25) is 4.79 Å². The number of rotatable bonds is 8. The van der Waals surface area contributed by atoms with Gasteiger partial charge in [-0.25, -0.2) is 9.97 Å². The molecule has 28 heavy (non-hydrogen) atoms. The Morgan fingerprint density at radius 3 is 2.61 bits per heavy atom. The van der Waals surface area contributed by atoms with E-state index in [0.29, 0.717) is 12.2 Å². The van der Waals surface area contributed by atoms with Crippen molar-refractivity contribution in [3.63, 3.8) is 0 Å². The number of amides is 1. The summed E-state index contributed by atoms with van der Waals surface area (Å²) in [5, 5.41) is 2.96. The molecule has 1 amide bonds. The third-order valence-corrected chi connectivity index (χ3v) is 5.10. The molecule has 1 aromatic carbocycles. The van der Waals surface area contributed by atoms with Gasteiger partial charge in [-0.05, 0) is 51.5 Å². The van der Waals surface area contributed by atoms with E-state index >= 15 is 0 Å². The number of carbonyl (C=O) groups excluding carboxylic acids is 1. The Kier molecular flexibility index (Phi) is 7.18. The summed E-state index contributed by atoms with van der Waals surface area (Å²) in [6.45, 7) is 5.67. The Morgan fingerprint density at radius 2 is 1.96 bits per heavy atom. The molecular formula is C23H30N4O. The average Bonchev–Trinajstić information content (AvgIpc) is 2.73. The van der Waals surface area contributed by atoms with E-state index < -0.39 is 0 Å². The van der Waals surface area contributed by atoms with Crippen LogP contribution in [0.5, 0.6) is 0 Å². The van der Waals surface area contributed by atoms with E-state index in [1.54, 1.807) is 12.4 Å². The highest BCUT2D eigenvalue weighted by Gasteiger charge is 2.15. The minimum absolute atomic E-state index is 0.158. The van der Waals surface area contributed by atoms with Crippen LogP contribution in [0.4, 0.5) is 5.82 Å². The number of hydrogen-bond donors (Lipinski definition) is 1. The molecule has 0 unspecified atom stereocenters. The quantitative estimate of drug-likeness (QED) is 0.687. The number of nitrogens with zero attached hydrogens (tertiary/aromatic N) is 3. The second-order valence-electron chi connectivity index (χ2n) is 7.58. The molecule has 0 saturated heterocycles. The number of carbonyl (C=O) groups is 1. The summed E-state index contributed by atoms with van der Waals surface area (Å²) in [6.07, 6.45) is 11.4. The van der Waals surface area contributed by atoms with Gasteiger partial charge in [0.25, 0.3) is 5.91 Å². The molecule has 3 rings (SSSR count). The summed E-state index contributed by atoms with van der Waals surface area (Å²) in [4.78, 5) is 23.4. The molecule has 0 bridgehead atoms. The highest BCUT2D eigenvalue weighted by Crippen LogP contribution is 2.19. The molecule has 5 heteroatoms. The molecule has 1 heterocycles. The highest BCUT2D eigenvalue weighted by molar-refractivity contribution is 5.92. The lowest BCUT2D eigenvalue weighted by Crippen LogP contribution is -2.31. The van der Waals surface area contributed by atoms with Gasteiger partial charge < -0.3 is 10.2 Å². The van der Waals surface area contributed by atoms with Crippen molar-refractivity contribution in [2.75, 3.05) is 11.4 Å². The van der Waals surface area contributed by atoms with Gasteiger partial charge in [-0.2, -0.15) is 0 Å². The van der Waals surface area contributed by atoms with Crippen molar-refractivity contribution in [3.8, 4) is 0 Å². The van der Waals surface area contributed by atoms with Crippen molar-refractivity contribution in [2.24, 2.45) is 0 Å². The van der Waals surface area contributed by atoms with Crippen LogP contribution < -0.4 is 10.2 Å². The first-order chi connectivity index (χ1) is 13.6. The smallest absolute Gasteiger partial charge is 0.271 e. The third kappa shape index (κ3) is 5.65. The van der Waals surface area contributed by atoms with E-state index in [4.69, 9.17) is 0 Å². The van der Waals surface area contributed by atoms with Gasteiger partial charge in [0, 0.05) is 19.1 Å². The van der Waals surface area contributed by atoms with Crippen molar-refractivity contribution < 1.29 is 4.79 Å². The molecule has 0 aliphatic heterocycles. The lowest BCUT2D eigenvalue weighted by atomic mass is 9.97. The van der Waals surface area contributed by atoms with Crippen LogP contribution in [-0.4, -0.2) is 28.5 Å². The van der Waals surface area contributed by atoms with Crippen LogP contribution in [0.25, 0.3) is 0 Å². The van der Waals surface area contributed by atoms with Gasteiger partial charge in [0.1, 0.15) is 11.5 Å². The molecule has 0 atom stereocenters. The Labute approximate surface area is 167 Å². The second kappa shape index (κ2) is 10.0. The van der Waals surface area contributed by atoms with Crippen molar-refractivity contribution in [1.82, 2.24) is 15.3 Å². The van der Waals surface area contributed by atoms with Crippen LogP contribution in [0.15, 0.2) is 54.4 Å². The van der Waals surface area contributed by atoms with Crippen LogP contribution in [0, 0.1) is 0 Å². The zero-order valence-corrected chi connectivity index (χ0v) is 16.9. The molecule has 5 nitrogen and oxygen atoms in total. The van der Waals surface area contributed by atoms with E-state index in [1.807, 2.05) is 18.2 Å². The van der Waals surface area contributed by atoms with Crippen molar-refractivity contribution in [2.45, 2.75) is 58.5 Å². The van der Waals surface area contributed by atoms with Crippen LogP contribution in [0.3, 0.4) is 0 Å². The van der Waals surface area contributed by atoms with Gasteiger partial charge in [0.2, 0.25) is 0 Å². The van der Waals surface area contributed by atoms with Crippen molar-refractivity contribution in [3.05, 3.63) is 65.6 Å². The topological polar surface area (TPSA) is 58.1 Å². The first-order valence-electron chi connectivity index (χ1n) is 10.2. The minimum atomic E-state index is -0.158. The molecule has 148 valence electrons. The maximum atomic E-state index is 12.3. The summed E-state index contributed by atoms with van der Waals surface area (Å²) in [5.41, 5.74) is 3.04. The molecule has 2 aromatic rings. The Balaban J connectivity index is 1.57. The second-order valence-corrected chi connectivity index (χ2v) is 7.58. The summed E-state index contributed by atoms with van der Waals surface area (Å²) in [7, 11) is 0. The fourth-order valence-corrected chi connectivity index (χ4v) is 3.45. The minimum Gasteiger partial charge on any atom is -0.350 e. The van der Waals surface area contributed by atoms with E-state index in [0.717, 1.165) is 25.2 Å². The molecule has 1 N–H and O–H groups in total. The highest BCUT2D eigenvalue weighted by atomic mass is 16.1. The lowest BCUT2D eigenvalue weighted by molar-refractivity contribution is 0.0948. The number of anilines is 1. The zero-order valence-electron chi connectivity index (χ0n) is 16.9. The predicted molar refractivity (Wildman–Crippen MR) is 113 cm³/mol. The molecule has 1 aliphatic rings. The SMILES string of the molecule is CC(C)N(Cc1ccccc1)c1cnc(C(=O)NCCC2=CCCCC2)cn1. The van der Waals surface area contributed by atoms with E-state index in [9.17, 15) is 4.79 Å².